The van der Waals surface area contributed by atoms with Crippen LogP contribution in [0.5, 0.6) is 11.5 Å². The van der Waals surface area contributed by atoms with Gasteiger partial charge in [-0.25, -0.2) is 4.98 Å². The van der Waals surface area contributed by atoms with Gasteiger partial charge in [0.05, 0.1) is 5.01 Å². The van der Waals surface area contributed by atoms with E-state index in [0.717, 1.165) is 55.7 Å². The zero-order valence-electron chi connectivity index (χ0n) is 14.0. The topological polar surface area (TPSA) is 54.9 Å². The van der Waals surface area contributed by atoms with Gasteiger partial charge in [0.15, 0.2) is 11.5 Å². The SMILES string of the molecule is O=C(CCc1nccs1)N1CCN(Cc2ccc3c(c2)OCO3)CC1. The average Bonchev–Trinajstić information content (AvgIpc) is 3.31. The molecule has 1 aromatic heterocycles. The number of thiazole rings is 1. The number of fused-ring (bicyclic) bond motifs is 1. The summed E-state index contributed by atoms with van der Waals surface area (Å²) < 4.78 is 10.8. The van der Waals surface area contributed by atoms with Crippen molar-refractivity contribution < 1.29 is 14.3 Å². The van der Waals surface area contributed by atoms with Crippen molar-refractivity contribution in [1.29, 1.82) is 0 Å². The molecule has 0 unspecified atom stereocenters. The molecule has 0 atom stereocenters. The van der Waals surface area contributed by atoms with Gasteiger partial charge in [-0.1, -0.05) is 6.07 Å². The van der Waals surface area contributed by atoms with Gasteiger partial charge in [0, 0.05) is 57.1 Å². The molecule has 2 aromatic rings. The first kappa shape index (κ1) is 16.4. The second kappa shape index (κ2) is 7.41. The molecule has 0 radical (unpaired) electrons. The van der Waals surface area contributed by atoms with Crippen LogP contribution in [-0.2, 0) is 17.8 Å². The van der Waals surface area contributed by atoms with Crippen molar-refractivity contribution in [3.63, 3.8) is 0 Å². The van der Waals surface area contributed by atoms with Crippen molar-refractivity contribution in [1.82, 2.24) is 14.8 Å². The van der Waals surface area contributed by atoms with Crippen LogP contribution in [0.4, 0.5) is 0 Å². The van der Waals surface area contributed by atoms with E-state index >= 15 is 0 Å². The van der Waals surface area contributed by atoms with E-state index in [0.29, 0.717) is 13.2 Å². The Morgan fingerprint density at radius 3 is 2.80 bits per heavy atom. The van der Waals surface area contributed by atoms with Crippen LogP contribution in [0.1, 0.15) is 17.0 Å². The maximum atomic E-state index is 12.3. The normalized spacial score (nSPS) is 17.0. The van der Waals surface area contributed by atoms with E-state index in [-0.39, 0.29) is 5.91 Å². The molecule has 0 spiro atoms. The summed E-state index contributed by atoms with van der Waals surface area (Å²) in [6.07, 6.45) is 3.09. The summed E-state index contributed by atoms with van der Waals surface area (Å²) in [5.74, 6) is 1.88. The molecule has 25 heavy (non-hydrogen) atoms. The minimum Gasteiger partial charge on any atom is -0.454 e. The van der Waals surface area contributed by atoms with Crippen LogP contribution in [-0.4, -0.2) is 53.7 Å². The summed E-state index contributed by atoms with van der Waals surface area (Å²) in [6.45, 7) is 4.57. The molecule has 0 aliphatic carbocycles. The van der Waals surface area contributed by atoms with Crippen molar-refractivity contribution in [3.05, 3.63) is 40.3 Å². The number of benzene rings is 1. The number of nitrogens with zero attached hydrogens (tertiary/aromatic N) is 3. The fraction of sp³-hybridized carbons (Fsp3) is 0.444. The van der Waals surface area contributed by atoms with Crippen molar-refractivity contribution in [3.8, 4) is 11.5 Å². The highest BCUT2D eigenvalue weighted by molar-refractivity contribution is 7.09. The summed E-state index contributed by atoms with van der Waals surface area (Å²) in [4.78, 5) is 20.9. The fourth-order valence-corrected chi connectivity index (χ4v) is 3.82. The second-order valence-electron chi connectivity index (χ2n) is 6.27. The summed E-state index contributed by atoms with van der Waals surface area (Å²) >= 11 is 1.61. The molecule has 2 aliphatic heterocycles. The van der Waals surface area contributed by atoms with Crippen LogP contribution in [0.15, 0.2) is 29.8 Å². The van der Waals surface area contributed by atoms with Crippen LogP contribution in [0.25, 0.3) is 0 Å². The van der Waals surface area contributed by atoms with Crippen molar-refractivity contribution in [2.45, 2.75) is 19.4 Å². The third-order valence-electron chi connectivity index (χ3n) is 4.60. The van der Waals surface area contributed by atoms with E-state index < -0.39 is 0 Å². The minimum absolute atomic E-state index is 0.234. The molecule has 6 nitrogen and oxygen atoms in total. The molecular formula is C18H21N3O3S. The highest BCUT2D eigenvalue weighted by Gasteiger charge is 2.22. The number of hydrogen-bond acceptors (Lipinski definition) is 6. The van der Waals surface area contributed by atoms with Gasteiger partial charge in [-0.3, -0.25) is 9.69 Å². The number of hydrogen-bond donors (Lipinski definition) is 0. The van der Waals surface area contributed by atoms with E-state index in [1.807, 2.05) is 22.4 Å². The van der Waals surface area contributed by atoms with Gasteiger partial charge >= 0.3 is 0 Å². The van der Waals surface area contributed by atoms with E-state index in [4.69, 9.17) is 9.47 Å². The predicted molar refractivity (Wildman–Crippen MR) is 94.9 cm³/mol. The molecule has 3 heterocycles. The number of carbonyl (C=O) groups is 1. The summed E-state index contributed by atoms with van der Waals surface area (Å²) in [7, 11) is 0. The lowest BCUT2D eigenvalue weighted by molar-refractivity contribution is -0.133. The van der Waals surface area contributed by atoms with Crippen LogP contribution >= 0.6 is 11.3 Å². The molecule has 2 aliphatic rings. The molecular weight excluding hydrogens is 338 g/mol. The average molecular weight is 359 g/mol. The lowest BCUT2D eigenvalue weighted by Gasteiger charge is -2.34. The van der Waals surface area contributed by atoms with E-state index in [1.165, 1.54) is 5.56 Å². The van der Waals surface area contributed by atoms with Crippen molar-refractivity contribution in [2.75, 3.05) is 33.0 Å². The molecule has 0 N–H and O–H groups in total. The molecule has 1 fully saturated rings. The Morgan fingerprint density at radius 2 is 2.00 bits per heavy atom. The number of aromatic nitrogens is 1. The molecule has 1 aromatic carbocycles. The van der Waals surface area contributed by atoms with Crippen LogP contribution in [0.3, 0.4) is 0 Å². The Balaban J connectivity index is 1.24. The Hall–Kier alpha value is -2.12. The lowest BCUT2D eigenvalue weighted by atomic mass is 10.1. The Kier molecular flexibility index (Phi) is 4.85. The highest BCUT2D eigenvalue weighted by Crippen LogP contribution is 2.32. The number of aryl methyl sites for hydroxylation is 1. The van der Waals surface area contributed by atoms with E-state index in [1.54, 1.807) is 17.5 Å². The number of rotatable bonds is 5. The maximum Gasteiger partial charge on any atom is 0.231 e. The molecule has 0 saturated carbocycles. The first-order valence-electron chi connectivity index (χ1n) is 8.55. The maximum absolute atomic E-state index is 12.3. The monoisotopic (exact) mass is 359 g/mol. The largest absolute Gasteiger partial charge is 0.454 e. The van der Waals surface area contributed by atoms with Crippen LogP contribution in [0, 0.1) is 0 Å². The van der Waals surface area contributed by atoms with Gasteiger partial charge in [0.1, 0.15) is 0 Å². The Labute approximate surface area is 151 Å². The van der Waals surface area contributed by atoms with E-state index in [2.05, 4.69) is 16.0 Å². The standard InChI is InChI=1S/C18H21N3O3S/c22-18(4-3-17-19-5-10-25-17)21-8-6-20(7-9-21)12-14-1-2-15-16(11-14)24-13-23-15/h1-2,5,10-11H,3-4,6-9,12-13H2. The van der Waals surface area contributed by atoms with Gasteiger partial charge < -0.3 is 14.4 Å². The Bertz CT molecular complexity index is 727. The van der Waals surface area contributed by atoms with Crippen LogP contribution < -0.4 is 9.47 Å². The fourth-order valence-electron chi connectivity index (χ4n) is 3.20. The summed E-state index contributed by atoms with van der Waals surface area (Å²) in [6, 6.07) is 6.10. The quantitative estimate of drug-likeness (QED) is 0.819. The number of piperazine rings is 1. The van der Waals surface area contributed by atoms with Gasteiger partial charge in [0.2, 0.25) is 12.7 Å². The van der Waals surface area contributed by atoms with Gasteiger partial charge in [-0.05, 0) is 17.7 Å². The lowest BCUT2D eigenvalue weighted by Crippen LogP contribution is -2.48. The highest BCUT2D eigenvalue weighted by atomic mass is 32.1. The zero-order valence-corrected chi connectivity index (χ0v) is 14.8. The molecule has 0 bridgehead atoms. The molecule has 1 saturated heterocycles. The smallest absolute Gasteiger partial charge is 0.231 e. The zero-order chi connectivity index (χ0) is 17.1. The number of ether oxygens (including phenoxy) is 2. The minimum atomic E-state index is 0.234. The van der Waals surface area contributed by atoms with Gasteiger partial charge in [-0.2, -0.15) is 0 Å². The predicted octanol–water partition coefficient (Wildman–Crippen LogP) is 2.15. The summed E-state index contributed by atoms with van der Waals surface area (Å²) in [5, 5.41) is 2.99. The molecule has 1 amide bonds. The second-order valence-corrected chi connectivity index (χ2v) is 7.25. The van der Waals surface area contributed by atoms with Gasteiger partial charge in [-0.15, -0.1) is 11.3 Å². The third-order valence-corrected chi connectivity index (χ3v) is 5.44. The van der Waals surface area contributed by atoms with Gasteiger partial charge in [0.25, 0.3) is 0 Å². The van der Waals surface area contributed by atoms with Crippen LogP contribution in [0.2, 0.25) is 0 Å². The van der Waals surface area contributed by atoms with Crippen molar-refractivity contribution in [2.24, 2.45) is 0 Å². The van der Waals surface area contributed by atoms with Crippen molar-refractivity contribution >= 4 is 17.2 Å². The molecule has 4 rings (SSSR count). The van der Waals surface area contributed by atoms with E-state index in [9.17, 15) is 4.79 Å². The third kappa shape index (κ3) is 3.93. The first-order chi connectivity index (χ1) is 12.3. The number of amides is 1. The number of carbonyl (C=O) groups excluding carboxylic acids is 1. The first-order valence-corrected chi connectivity index (χ1v) is 9.43. The summed E-state index contributed by atoms with van der Waals surface area (Å²) in [5.41, 5.74) is 1.22. The Morgan fingerprint density at radius 1 is 1.16 bits per heavy atom. The molecule has 132 valence electrons. The molecule has 7 heteroatoms.